The summed E-state index contributed by atoms with van der Waals surface area (Å²) in [4.78, 5) is 4.69. The smallest absolute Gasteiger partial charge is 0.203 e. The van der Waals surface area contributed by atoms with E-state index >= 15 is 0 Å². The number of methoxy groups -OCH3 is 5. The van der Waals surface area contributed by atoms with Crippen molar-refractivity contribution in [1.82, 2.24) is 0 Å². The number of benzene rings is 2. The maximum Gasteiger partial charge on any atom is 0.203 e. The van der Waals surface area contributed by atoms with Crippen molar-refractivity contribution in [3.05, 3.63) is 47.0 Å². The number of aliphatic imine (C=N–C) groups is 1. The van der Waals surface area contributed by atoms with E-state index in [0.717, 1.165) is 35.6 Å². The monoisotopic (exact) mass is 383 g/mol. The molecule has 6 nitrogen and oxygen atoms in total. The number of allylic oxidation sites excluding steroid dienone is 1. The topological polar surface area (TPSA) is 58.5 Å². The predicted molar refractivity (Wildman–Crippen MR) is 110 cm³/mol. The van der Waals surface area contributed by atoms with E-state index in [-0.39, 0.29) is 0 Å². The quantitative estimate of drug-likeness (QED) is 0.728. The summed E-state index contributed by atoms with van der Waals surface area (Å²) >= 11 is 0. The van der Waals surface area contributed by atoms with E-state index in [0.29, 0.717) is 23.0 Å². The van der Waals surface area contributed by atoms with Crippen molar-refractivity contribution in [2.24, 2.45) is 4.99 Å². The Bertz CT molecular complexity index is 918. The van der Waals surface area contributed by atoms with E-state index in [1.165, 1.54) is 5.56 Å². The third kappa shape index (κ3) is 3.63. The molecule has 0 spiro atoms. The van der Waals surface area contributed by atoms with Crippen LogP contribution < -0.4 is 23.7 Å². The van der Waals surface area contributed by atoms with Gasteiger partial charge < -0.3 is 23.7 Å². The summed E-state index contributed by atoms with van der Waals surface area (Å²) in [6.07, 6.45) is 4.81. The summed E-state index contributed by atoms with van der Waals surface area (Å²) < 4.78 is 27.2. The number of nitrogens with zero attached hydrogens (tertiary/aromatic N) is 1. The van der Waals surface area contributed by atoms with Crippen LogP contribution in [0.3, 0.4) is 0 Å². The summed E-state index contributed by atoms with van der Waals surface area (Å²) in [6.45, 7) is 0.727. The number of ether oxygens (including phenoxy) is 5. The molecule has 148 valence electrons. The lowest BCUT2D eigenvalue weighted by molar-refractivity contribution is 0.324. The van der Waals surface area contributed by atoms with Crippen LogP contribution in [0, 0.1) is 0 Å². The molecule has 0 radical (unpaired) electrons. The summed E-state index contributed by atoms with van der Waals surface area (Å²) in [5, 5.41) is 0. The molecule has 2 aromatic rings. The van der Waals surface area contributed by atoms with Crippen LogP contribution in [0.5, 0.6) is 28.7 Å². The maximum atomic E-state index is 5.55. The maximum absolute atomic E-state index is 5.55. The zero-order valence-corrected chi connectivity index (χ0v) is 16.9. The molecule has 2 aromatic carbocycles. The molecule has 0 unspecified atom stereocenters. The molecule has 0 bridgehead atoms. The molecule has 0 saturated carbocycles. The normalized spacial score (nSPS) is 13.0. The molecule has 1 aliphatic heterocycles. The van der Waals surface area contributed by atoms with Gasteiger partial charge in [0.05, 0.1) is 41.3 Å². The fourth-order valence-electron chi connectivity index (χ4n) is 3.32. The molecule has 1 heterocycles. The fraction of sp³-hybridized carbons (Fsp3) is 0.318. The molecule has 6 heteroatoms. The first-order chi connectivity index (χ1) is 13.7. The molecular weight excluding hydrogens is 358 g/mol. The van der Waals surface area contributed by atoms with Gasteiger partial charge in [-0.05, 0) is 48.4 Å². The second-order valence-corrected chi connectivity index (χ2v) is 6.14. The Balaban J connectivity index is 2.00. The summed E-state index contributed by atoms with van der Waals surface area (Å²) in [6, 6.07) is 7.77. The molecular formula is C22H25NO5. The van der Waals surface area contributed by atoms with Crippen LogP contribution in [-0.4, -0.2) is 47.8 Å². The summed E-state index contributed by atoms with van der Waals surface area (Å²) in [5.41, 5.74) is 3.99. The van der Waals surface area contributed by atoms with Crippen molar-refractivity contribution < 1.29 is 23.7 Å². The summed E-state index contributed by atoms with van der Waals surface area (Å²) in [5.74, 6) is 3.21. The van der Waals surface area contributed by atoms with Crippen molar-refractivity contribution in [3.63, 3.8) is 0 Å². The van der Waals surface area contributed by atoms with Gasteiger partial charge in [-0.25, -0.2) is 0 Å². The zero-order chi connectivity index (χ0) is 20.1. The van der Waals surface area contributed by atoms with Crippen molar-refractivity contribution in [2.45, 2.75) is 6.42 Å². The SMILES string of the molecule is COc1cc2c(cc1OC)C(/C=C/c1ccc(OC)c(OC)c1OC)=NCC2. The van der Waals surface area contributed by atoms with Gasteiger partial charge in [-0.1, -0.05) is 0 Å². The zero-order valence-electron chi connectivity index (χ0n) is 16.9. The second kappa shape index (κ2) is 8.69. The van der Waals surface area contributed by atoms with Crippen molar-refractivity contribution in [1.29, 1.82) is 0 Å². The number of rotatable bonds is 7. The minimum atomic E-state index is 0.560. The van der Waals surface area contributed by atoms with Crippen LogP contribution in [0.25, 0.3) is 6.08 Å². The first kappa shape index (κ1) is 19.6. The molecule has 0 amide bonds. The average Bonchev–Trinajstić information content (AvgIpc) is 2.75. The minimum absolute atomic E-state index is 0.560. The first-order valence-electron chi connectivity index (χ1n) is 8.93. The fourth-order valence-corrected chi connectivity index (χ4v) is 3.32. The van der Waals surface area contributed by atoms with Gasteiger partial charge in [0.15, 0.2) is 23.0 Å². The van der Waals surface area contributed by atoms with E-state index in [1.807, 2.05) is 36.4 Å². The van der Waals surface area contributed by atoms with Crippen molar-refractivity contribution in [3.8, 4) is 28.7 Å². The Hall–Kier alpha value is -3.15. The van der Waals surface area contributed by atoms with E-state index < -0.39 is 0 Å². The first-order valence-corrected chi connectivity index (χ1v) is 8.93. The highest BCUT2D eigenvalue weighted by Crippen LogP contribution is 2.40. The third-order valence-corrected chi connectivity index (χ3v) is 4.70. The lowest BCUT2D eigenvalue weighted by Crippen LogP contribution is -2.11. The molecule has 0 N–H and O–H groups in total. The molecule has 28 heavy (non-hydrogen) atoms. The van der Waals surface area contributed by atoms with Gasteiger partial charge in [0.1, 0.15) is 0 Å². The second-order valence-electron chi connectivity index (χ2n) is 6.14. The van der Waals surface area contributed by atoms with Crippen molar-refractivity contribution in [2.75, 3.05) is 42.1 Å². The number of hydrogen-bond donors (Lipinski definition) is 0. The lowest BCUT2D eigenvalue weighted by atomic mass is 9.96. The van der Waals surface area contributed by atoms with Gasteiger partial charge in [-0.3, -0.25) is 4.99 Å². The van der Waals surface area contributed by atoms with E-state index in [4.69, 9.17) is 23.7 Å². The van der Waals surface area contributed by atoms with Crippen LogP contribution >= 0.6 is 0 Å². The average molecular weight is 383 g/mol. The molecule has 0 fully saturated rings. The van der Waals surface area contributed by atoms with Crippen LogP contribution in [0.1, 0.15) is 16.7 Å². The third-order valence-electron chi connectivity index (χ3n) is 4.70. The van der Waals surface area contributed by atoms with Crippen LogP contribution in [0.2, 0.25) is 0 Å². The minimum Gasteiger partial charge on any atom is -0.493 e. The summed E-state index contributed by atoms with van der Waals surface area (Å²) in [7, 11) is 8.08. The standard InChI is InChI=1S/C22H25NO5/c1-24-18-9-7-14(21(27-4)22(18)28-5)6-8-17-16-13-20(26-3)19(25-2)12-15(16)10-11-23-17/h6-9,12-13H,10-11H2,1-5H3/b8-6+. The van der Waals surface area contributed by atoms with Gasteiger partial charge >= 0.3 is 0 Å². The Morgan fingerprint density at radius 1 is 0.750 bits per heavy atom. The van der Waals surface area contributed by atoms with Gasteiger partial charge in [0.25, 0.3) is 0 Å². The van der Waals surface area contributed by atoms with Crippen molar-refractivity contribution >= 4 is 11.8 Å². The Morgan fingerprint density at radius 3 is 2.07 bits per heavy atom. The van der Waals surface area contributed by atoms with Crippen LogP contribution in [-0.2, 0) is 6.42 Å². The Morgan fingerprint density at radius 2 is 1.43 bits per heavy atom. The van der Waals surface area contributed by atoms with E-state index in [2.05, 4.69) is 4.99 Å². The highest BCUT2D eigenvalue weighted by atomic mass is 16.5. The number of hydrogen-bond acceptors (Lipinski definition) is 6. The van der Waals surface area contributed by atoms with Gasteiger partial charge in [-0.2, -0.15) is 0 Å². The van der Waals surface area contributed by atoms with E-state index in [9.17, 15) is 0 Å². The number of fused-ring (bicyclic) bond motifs is 1. The van der Waals surface area contributed by atoms with Crippen LogP contribution in [0.4, 0.5) is 0 Å². The molecule has 0 aliphatic carbocycles. The Labute approximate surface area is 165 Å². The van der Waals surface area contributed by atoms with Gasteiger partial charge in [0, 0.05) is 17.7 Å². The predicted octanol–water partition coefficient (Wildman–Crippen LogP) is 3.79. The van der Waals surface area contributed by atoms with E-state index in [1.54, 1.807) is 35.5 Å². The van der Waals surface area contributed by atoms with Gasteiger partial charge in [-0.15, -0.1) is 0 Å². The Kier molecular flexibility index (Phi) is 6.09. The van der Waals surface area contributed by atoms with Crippen LogP contribution in [0.15, 0.2) is 35.3 Å². The molecule has 0 aromatic heterocycles. The largest absolute Gasteiger partial charge is 0.493 e. The molecule has 0 saturated heterocycles. The molecule has 3 rings (SSSR count). The molecule has 1 aliphatic rings. The lowest BCUT2D eigenvalue weighted by Gasteiger charge is -2.18. The van der Waals surface area contributed by atoms with Gasteiger partial charge in [0.2, 0.25) is 5.75 Å². The highest BCUT2D eigenvalue weighted by molar-refractivity contribution is 6.12. The highest BCUT2D eigenvalue weighted by Gasteiger charge is 2.18. The molecule has 0 atom stereocenters.